The summed E-state index contributed by atoms with van der Waals surface area (Å²) in [6.07, 6.45) is 0. The Balaban J connectivity index is 3.39. The minimum absolute atomic E-state index is 0.0485. The van der Waals surface area contributed by atoms with Crippen LogP contribution in [0.5, 0.6) is 0 Å². The maximum atomic E-state index is 11.6. The molecule has 0 saturated carbocycles. The molecule has 4 nitrogen and oxygen atoms in total. The lowest BCUT2D eigenvalue weighted by atomic mass is 9.93. The third kappa shape index (κ3) is 3.32. The highest BCUT2D eigenvalue weighted by atomic mass is 32.2. The fourth-order valence-electron chi connectivity index (χ4n) is 1.92. The number of hydrogen-bond acceptors (Lipinski definition) is 4. The molecule has 0 fully saturated rings. The van der Waals surface area contributed by atoms with Gasteiger partial charge in [0.2, 0.25) is 0 Å². The zero-order chi connectivity index (χ0) is 13.9. The number of esters is 1. The molecular weight excluding hydrogens is 252 g/mol. The van der Waals surface area contributed by atoms with Crippen LogP contribution in [0.3, 0.4) is 0 Å². The van der Waals surface area contributed by atoms with E-state index in [1.54, 1.807) is 6.07 Å². The second-order valence-electron chi connectivity index (χ2n) is 4.50. The van der Waals surface area contributed by atoms with Crippen LogP contribution in [0.4, 0.5) is 0 Å². The summed E-state index contributed by atoms with van der Waals surface area (Å²) in [6, 6.07) is 3.49. The summed E-state index contributed by atoms with van der Waals surface area (Å²) in [6.45, 7) is 5.81. The van der Waals surface area contributed by atoms with Crippen molar-refractivity contribution in [1.82, 2.24) is 0 Å². The normalized spacial score (nSPS) is 11.0. The molecule has 0 saturated heterocycles. The summed E-state index contributed by atoms with van der Waals surface area (Å²) < 4.78 is 26.5. The van der Waals surface area contributed by atoms with Gasteiger partial charge in [0.1, 0.15) is 10.7 Å². The van der Waals surface area contributed by atoms with Crippen LogP contribution in [0.15, 0.2) is 12.1 Å². The van der Waals surface area contributed by atoms with Gasteiger partial charge >= 0.3 is 5.97 Å². The lowest BCUT2D eigenvalue weighted by Crippen LogP contribution is -2.08. The van der Waals surface area contributed by atoms with E-state index in [9.17, 15) is 13.2 Å². The molecular formula is C13H18O4S. The van der Waals surface area contributed by atoms with E-state index in [-0.39, 0.29) is 11.7 Å². The van der Waals surface area contributed by atoms with Crippen molar-refractivity contribution < 1.29 is 17.9 Å². The lowest BCUT2D eigenvalue weighted by molar-refractivity contribution is 0.0599. The summed E-state index contributed by atoms with van der Waals surface area (Å²) in [7, 11) is -1.20. The fraction of sp³-hybridized carbons (Fsp3) is 0.462. The number of thiol groups is 1. The molecule has 1 aromatic rings. The topological polar surface area (TPSA) is 60.4 Å². The molecule has 0 aromatic heterocycles. The minimum Gasteiger partial charge on any atom is -0.465 e. The van der Waals surface area contributed by atoms with Crippen molar-refractivity contribution in [3.63, 3.8) is 0 Å². The average molecular weight is 270 g/mol. The fourth-order valence-corrected chi connectivity index (χ4v) is 2.47. The van der Waals surface area contributed by atoms with Crippen molar-refractivity contribution in [2.75, 3.05) is 7.11 Å². The number of hydrogen-bond donors (Lipinski definition) is 1. The van der Waals surface area contributed by atoms with E-state index in [4.69, 9.17) is 0 Å². The van der Waals surface area contributed by atoms with Crippen LogP contribution in [0.1, 0.15) is 46.8 Å². The molecule has 0 bridgehead atoms. The number of methoxy groups -OCH3 is 1. The first-order valence-corrected chi connectivity index (χ1v) is 7.06. The van der Waals surface area contributed by atoms with Crippen LogP contribution in [-0.2, 0) is 21.2 Å². The molecule has 0 radical (unpaired) electrons. The van der Waals surface area contributed by atoms with Crippen molar-refractivity contribution in [2.45, 2.75) is 32.4 Å². The monoisotopic (exact) mass is 270 g/mol. The molecule has 1 rings (SSSR count). The predicted molar refractivity (Wildman–Crippen MR) is 70.6 cm³/mol. The molecule has 0 unspecified atom stereocenters. The first-order chi connectivity index (χ1) is 8.36. The molecule has 0 aliphatic rings. The second-order valence-corrected chi connectivity index (χ2v) is 5.48. The van der Waals surface area contributed by atoms with Crippen LogP contribution in [0.25, 0.3) is 0 Å². The van der Waals surface area contributed by atoms with Crippen LogP contribution in [-0.4, -0.2) is 21.5 Å². The number of rotatable bonds is 4. The van der Waals surface area contributed by atoms with Crippen molar-refractivity contribution in [1.29, 1.82) is 0 Å². The maximum absolute atomic E-state index is 11.6. The Hall–Kier alpha value is -1.36. The van der Waals surface area contributed by atoms with Crippen molar-refractivity contribution in [3.05, 3.63) is 34.4 Å². The smallest absolute Gasteiger partial charge is 0.338 e. The van der Waals surface area contributed by atoms with E-state index in [0.29, 0.717) is 11.1 Å². The Labute approximate surface area is 109 Å². The van der Waals surface area contributed by atoms with Gasteiger partial charge in [-0.05, 0) is 35.6 Å². The summed E-state index contributed by atoms with van der Waals surface area (Å²) in [5, 5.41) is 0. The highest BCUT2D eigenvalue weighted by Crippen LogP contribution is 2.24. The Morgan fingerprint density at radius 2 is 1.94 bits per heavy atom. The van der Waals surface area contributed by atoms with E-state index in [0.717, 1.165) is 11.1 Å². The lowest BCUT2D eigenvalue weighted by Gasteiger charge is -2.14. The number of carbonyl (C=O) groups is 1. The van der Waals surface area contributed by atoms with Gasteiger partial charge in [0.15, 0.2) is 0 Å². The molecule has 0 heterocycles. The minimum atomic E-state index is -2.52. The molecule has 0 amide bonds. The van der Waals surface area contributed by atoms with Crippen molar-refractivity contribution >= 4 is 16.7 Å². The zero-order valence-corrected chi connectivity index (χ0v) is 11.9. The molecule has 0 aliphatic carbocycles. The van der Waals surface area contributed by atoms with E-state index in [1.807, 2.05) is 26.8 Å². The van der Waals surface area contributed by atoms with Crippen LogP contribution in [0.2, 0.25) is 0 Å². The highest BCUT2D eigenvalue weighted by Gasteiger charge is 2.15. The first kappa shape index (κ1) is 14.7. The largest absolute Gasteiger partial charge is 0.465 e. The quantitative estimate of drug-likeness (QED) is 0.671. The Morgan fingerprint density at radius 3 is 2.39 bits per heavy atom. The molecule has 0 spiro atoms. The number of benzene rings is 1. The first-order valence-electron chi connectivity index (χ1n) is 5.70. The van der Waals surface area contributed by atoms with Gasteiger partial charge in [0.25, 0.3) is 0 Å². The SMILES string of the molecule is COC(=O)c1cc(C[SH](=O)=O)c(C(C)C)cc1C. The number of carbonyl (C=O) groups excluding carboxylic acids is 1. The summed E-state index contributed by atoms with van der Waals surface area (Å²) >= 11 is 0. The third-order valence-electron chi connectivity index (χ3n) is 2.81. The molecule has 0 aliphatic heterocycles. The van der Waals surface area contributed by atoms with Gasteiger partial charge in [-0.15, -0.1) is 0 Å². The van der Waals surface area contributed by atoms with E-state index >= 15 is 0 Å². The molecule has 18 heavy (non-hydrogen) atoms. The Morgan fingerprint density at radius 1 is 1.33 bits per heavy atom. The number of aryl methyl sites for hydroxylation is 1. The van der Waals surface area contributed by atoms with Gasteiger partial charge in [-0.25, -0.2) is 13.2 Å². The summed E-state index contributed by atoms with van der Waals surface area (Å²) in [5.41, 5.74) is 2.86. The van der Waals surface area contributed by atoms with Gasteiger partial charge in [-0.1, -0.05) is 19.9 Å². The standard InChI is InChI=1S/C13H18O4S/c1-8(2)11-5-9(3)12(13(14)17-4)6-10(11)7-18(15)16/h5-6,8,18H,7H2,1-4H3. The summed E-state index contributed by atoms with van der Waals surface area (Å²) in [5.74, 6) is -0.279. The maximum Gasteiger partial charge on any atom is 0.338 e. The molecule has 1 aromatic carbocycles. The molecule has 5 heteroatoms. The number of ether oxygens (including phenoxy) is 1. The van der Waals surface area contributed by atoms with Crippen LogP contribution >= 0.6 is 0 Å². The van der Waals surface area contributed by atoms with Gasteiger partial charge in [-0.3, -0.25) is 0 Å². The molecule has 0 N–H and O–H groups in total. The highest BCUT2D eigenvalue weighted by molar-refractivity contribution is 7.71. The predicted octanol–water partition coefficient (Wildman–Crippen LogP) is 2.02. The van der Waals surface area contributed by atoms with Crippen molar-refractivity contribution in [3.8, 4) is 0 Å². The Bertz CT molecular complexity index is 522. The second kappa shape index (κ2) is 6.00. The van der Waals surface area contributed by atoms with Gasteiger partial charge in [-0.2, -0.15) is 0 Å². The van der Waals surface area contributed by atoms with Gasteiger partial charge in [0.05, 0.1) is 18.4 Å². The third-order valence-corrected chi connectivity index (χ3v) is 3.41. The molecule has 100 valence electrons. The van der Waals surface area contributed by atoms with Crippen LogP contribution in [0, 0.1) is 6.92 Å². The van der Waals surface area contributed by atoms with Crippen LogP contribution < -0.4 is 0 Å². The van der Waals surface area contributed by atoms with E-state index in [2.05, 4.69) is 4.74 Å². The van der Waals surface area contributed by atoms with Gasteiger partial charge < -0.3 is 4.74 Å². The van der Waals surface area contributed by atoms with Crippen molar-refractivity contribution in [2.24, 2.45) is 0 Å². The van der Waals surface area contributed by atoms with E-state index in [1.165, 1.54) is 7.11 Å². The summed E-state index contributed by atoms with van der Waals surface area (Å²) in [4.78, 5) is 11.6. The Kier molecular flexibility index (Phi) is 4.90. The molecule has 0 atom stereocenters. The zero-order valence-electron chi connectivity index (χ0n) is 11.0. The average Bonchev–Trinajstić information content (AvgIpc) is 2.29. The van der Waals surface area contributed by atoms with E-state index < -0.39 is 16.7 Å². The van der Waals surface area contributed by atoms with Gasteiger partial charge in [0, 0.05) is 0 Å².